The van der Waals surface area contributed by atoms with Gasteiger partial charge in [0, 0.05) is 6.42 Å². The molecule has 0 aromatic heterocycles. The topological polar surface area (TPSA) is 120 Å². The van der Waals surface area contributed by atoms with Crippen LogP contribution in [0, 0.1) is 0 Å². The highest BCUT2D eigenvalue weighted by atomic mass is 16.4. The molecule has 0 bridgehead atoms. The molecule has 0 aliphatic rings. The zero-order chi connectivity index (χ0) is 22.8. The Balaban J connectivity index is -0.000000625. The van der Waals surface area contributed by atoms with Crippen molar-refractivity contribution in [2.75, 3.05) is 14.1 Å². The van der Waals surface area contributed by atoms with Gasteiger partial charge >= 0.3 is 0 Å². The standard InChI is InChI=1S/C18H37NO.C3H6O3.C2H7N/c1-2-3-4-5-6-7-8-9-10-11-12-13-14-15-16-17-18(19)20;1-2(4)3(5)6;1-3-2/h2-17H2,1H3,(H2,19,20);2,4H,1H3,(H,5,6);3H,1-2H3. The Morgan fingerprint density at radius 2 is 1.03 bits per heavy atom. The number of carboxylic acids is 1. The SMILES string of the molecule is CC(O)C(=O)[O-].CCCCCCCCCCCCCCCCCC(N)=O.C[NH2+]C. The number of hydrogen-bond acceptors (Lipinski definition) is 4. The van der Waals surface area contributed by atoms with Gasteiger partial charge in [0.2, 0.25) is 5.91 Å². The second kappa shape index (κ2) is 29.1. The molecule has 0 rings (SSSR count). The Morgan fingerprint density at radius 1 is 0.793 bits per heavy atom. The highest BCUT2D eigenvalue weighted by molar-refractivity contribution is 5.73. The Hall–Kier alpha value is -1.14. The molecular formula is C23H50N2O4. The smallest absolute Gasteiger partial charge is 0.217 e. The van der Waals surface area contributed by atoms with Crippen molar-refractivity contribution >= 4 is 11.9 Å². The van der Waals surface area contributed by atoms with Gasteiger partial charge in [0.25, 0.3) is 0 Å². The molecule has 1 unspecified atom stereocenters. The molecule has 176 valence electrons. The molecule has 0 radical (unpaired) electrons. The third-order valence-corrected chi connectivity index (χ3v) is 4.37. The summed E-state index contributed by atoms with van der Waals surface area (Å²) in [5, 5.41) is 19.3. The van der Waals surface area contributed by atoms with Crippen LogP contribution in [0.25, 0.3) is 0 Å². The number of nitrogens with two attached hydrogens (primary N) is 2. The Bertz CT molecular complexity index is 337. The zero-order valence-corrected chi connectivity index (χ0v) is 19.7. The summed E-state index contributed by atoms with van der Waals surface area (Å²) in [5.74, 6) is -1.59. The fraction of sp³-hybridized carbons (Fsp3) is 0.913. The van der Waals surface area contributed by atoms with E-state index in [2.05, 4.69) is 6.92 Å². The van der Waals surface area contributed by atoms with E-state index in [0.29, 0.717) is 6.42 Å². The van der Waals surface area contributed by atoms with E-state index >= 15 is 0 Å². The predicted octanol–water partition coefficient (Wildman–Crippen LogP) is 2.66. The third kappa shape index (κ3) is 42.1. The number of carbonyl (C=O) groups is 2. The lowest BCUT2D eigenvalue weighted by molar-refractivity contribution is -0.597. The van der Waals surface area contributed by atoms with E-state index < -0.39 is 12.1 Å². The molecule has 0 aliphatic heterocycles. The monoisotopic (exact) mass is 418 g/mol. The van der Waals surface area contributed by atoms with Gasteiger partial charge in [0.1, 0.15) is 0 Å². The number of carboxylic acid groups (broad SMARTS) is 1. The lowest BCUT2D eigenvalue weighted by atomic mass is 10.0. The normalized spacial score (nSPS) is 10.9. The maximum atomic E-state index is 10.6. The van der Waals surface area contributed by atoms with E-state index in [-0.39, 0.29) is 5.91 Å². The van der Waals surface area contributed by atoms with E-state index in [1.54, 1.807) is 0 Å². The molecule has 0 aliphatic carbocycles. The Kier molecular flexibility index (Phi) is 32.6. The van der Waals surface area contributed by atoms with Crippen molar-refractivity contribution in [1.82, 2.24) is 0 Å². The number of amides is 1. The highest BCUT2D eigenvalue weighted by Crippen LogP contribution is 2.13. The largest absolute Gasteiger partial charge is 0.547 e. The molecular weight excluding hydrogens is 368 g/mol. The van der Waals surface area contributed by atoms with E-state index in [0.717, 1.165) is 13.3 Å². The summed E-state index contributed by atoms with van der Waals surface area (Å²) in [5.41, 5.74) is 5.11. The average molecular weight is 419 g/mol. The zero-order valence-electron chi connectivity index (χ0n) is 19.7. The first-order valence-electron chi connectivity index (χ1n) is 11.7. The van der Waals surface area contributed by atoms with Crippen LogP contribution in [0.4, 0.5) is 0 Å². The molecule has 0 saturated heterocycles. The van der Waals surface area contributed by atoms with Crippen LogP contribution in [-0.4, -0.2) is 37.2 Å². The molecule has 6 heteroatoms. The first-order valence-corrected chi connectivity index (χ1v) is 11.7. The molecule has 0 spiro atoms. The summed E-state index contributed by atoms with van der Waals surface area (Å²) in [6.07, 6.45) is 19.5. The number of carbonyl (C=O) groups excluding carboxylic acids is 2. The summed E-state index contributed by atoms with van der Waals surface area (Å²) >= 11 is 0. The fourth-order valence-electron chi connectivity index (χ4n) is 2.67. The molecule has 0 aromatic rings. The predicted molar refractivity (Wildman–Crippen MR) is 119 cm³/mol. The fourth-order valence-corrected chi connectivity index (χ4v) is 2.67. The van der Waals surface area contributed by atoms with Crippen LogP contribution in [0.2, 0.25) is 0 Å². The minimum Gasteiger partial charge on any atom is -0.547 e. The van der Waals surface area contributed by atoms with Gasteiger partial charge in [-0.15, -0.1) is 0 Å². The van der Waals surface area contributed by atoms with Crippen LogP contribution in [0.5, 0.6) is 0 Å². The summed E-state index contributed by atoms with van der Waals surface area (Å²) in [4.78, 5) is 19.9. The Morgan fingerprint density at radius 3 is 1.24 bits per heavy atom. The van der Waals surface area contributed by atoms with E-state index in [1.165, 1.54) is 89.9 Å². The maximum Gasteiger partial charge on any atom is 0.217 e. The van der Waals surface area contributed by atoms with Crippen LogP contribution in [-0.2, 0) is 9.59 Å². The number of aliphatic carboxylic acids is 1. The van der Waals surface area contributed by atoms with Crippen LogP contribution in [0.1, 0.15) is 117 Å². The number of unbranched alkanes of at least 4 members (excludes halogenated alkanes) is 14. The van der Waals surface area contributed by atoms with Crippen molar-refractivity contribution in [1.29, 1.82) is 0 Å². The molecule has 1 amide bonds. The van der Waals surface area contributed by atoms with Gasteiger partial charge in [0.05, 0.1) is 26.2 Å². The highest BCUT2D eigenvalue weighted by Gasteiger charge is 1.96. The van der Waals surface area contributed by atoms with Crippen LogP contribution < -0.4 is 16.2 Å². The number of aliphatic hydroxyl groups is 1. The summed E-state index contributed by atoms with van der Waals surface area (Å²) < 4.78 is 0. The maximum absolute atomic E-state index is 10.6. The third-order valence-electron chi connectivity index (χ3n) is 4.37. The van der Waals surface area contributed by atoms with Gasteiger partial charge in [-0.1, -0.05) is 96.8 Å². The number of hydrogen-bond donors (Lipinski definition) is 3. The molecule has 29 heavy (non-hydrogen) atoms. The van der Waals surface area contributed by atoms with Gasteiger partial charge in [-0.2, -0.15) is 0 Å². The molecule has 0 fully saturated rings. The lowest BCUT2D eigenvalue weighted by Gasteiger charge is -2.03. The molecule has 1 atom stereocenters. The van der Waals surface area contributed by atoms with Crippen LogP contribution >= 0.6 is 0 Å². The minimum absolute atomic E-state index is 0.153. The molecule has 0 aromatic carbocycles. The van der Waals surface area contributed by atoms with Crippen molar-refractivity contribution < 1.29 is 25.1 Å². The number of primary amides is 1. The molecule has 0 heterocycles. The minimum atomic E-state index is -1.44. The first-order chi connectivity index (χ1) is 13.8. The second-order valence-electron chi connectivity index (χ2n) is 7.74. The van der Waals surface area contributed by atoms with Crippen molar-refractivity contribution in [2.45, 2.75) is 123 Å². The Labute approximate surface area is 180 Å². The van der Waals surface area contributed by atoms with Crippen molar-refractivity contribution in [3.63, 3.8) is 0 Å². The van der Waals surface area contributed by atoms with Gasteiger partial charge in [-0.25, -0.2) is 0 Å². The van der Waals surface area contributed by atoms with Crippen LogP contribution in [0.3, 0.4) is 0 Å². The summed E-state index contributed by atoms with van der Waals surface area (Å²) in [6.45, 7) is 3.41. The molecule has 0 saturated carbocycles. The van der Waals surface area contributed by atoms with Gasteiger partial charge in [-0.3, -0.25) is 4.79 Å². The van der Waals surface area contributed by atoms with E-state index in [1.807, 2.05) is 19.4 Å². The van der Waals surface area contributed by atoms with Gasteiger partial charge in [0.15, 0.2) is 0 Å². The summed E-state index contributed by atoms with van der Waals surface area (Å²) in [7, 11) is 4.00. The first kappa shape index (κ1) is 32.5. The molecule has 6 nitrogen and oxygen atoms in total. The summed E-state index contributed by atoms with van der Waals surface area (Å²) in [6, 6.07) is 0. The number of rotatable bonds is 17. The van der Waals surface area contributed by atoms with Crippen molar-refractivity contribution in [3.8, 4) is 0 Å². The van der Waals surface area contributed by atoms with Gasteiger partial charge in [-0.05, 0) is 13.3 Å². The van der Waals surface area contributed by atoms with Crippen molar-refractivity contribution in [3.05, 3.63) is 0 Å². The van der Waals surface area contributed by atoms with E-state index in [9.17, 15) is 14.7 Å². The molecule has 5 N–H and O–H groups in total. The lowest BCUT2D eigenvalue weighted by Crippen LogP contribution is -2.74. The second-order valence-corrected chi connectivity index (χ2v) is 7.74. The van der Waals surface area contributed by atoms with Crippen molar-refractivity contribution in [2.24, 2.45) is 5.73 Å². The number of quaternary nitrogens is 1. The van der Waals surface area contributed by atoms with Gasteiger partial charge < -0.3 is 26.1 Å². The van der Waals surface area contributed by atoms with Crippen LogP contribution in [0.15, 0.2) is 0 Å². The average Bonchev–Trinajstić information content (AvgIpc) is 2.65. The van der Waals surface area contributed by atoms with E-state index in [4.69, 9.17) is 10.8 Å². The number of aliphatic hydroxyl groups excluding tert-OH is 1. The quantitative estimate of drug-likeness (QED) is 0.314.